The standard InChI is InChI=1S/C21H17ClN2O3S/c22-15-7-3-9-18-19(15)23-21(28-18)24(12-14-6-4-10-26-14)20(25)17-11-13-5-1-2-8-16(13)27-17/h1-3,5,7-9,11,14H,4,6,10,12H2/t14-/m0/s1. The van der Waals surface area contributed by atoms with E-state index < -0.39 is 0 Å². The summed E-state index contributed by atoms with van der Waals surface area (Å²) in [5, 5.41) is 2.08. The highest BCUT2D eigenvalue weighted by Gasteiger charge is 2.29. The summed E-state index contributed by atoms with van der Waals surface area (Å²) in [6.45, 7) is 1.16. The first-order valence-corrected chi connectivity index (χ1v) is 10.4. The first-order valence-electron chi connectivity index (χ1n) is 9.16. The molecule has 2 aromatic heterocycles. The monoisotopic (exact) mass is 412 g/mol. The zero-order valence-electron chi connectivity index (χ0n) is 14.9. The smallest absolute Gasteiger partial charge is 0.295 e. The van der Waals surface area contributed by atoms with Gasteiger partial charge in [-0.1, -0.05) is 47.2 Å². The molecule has 0 N–H and O–H groups in total. The van der Waals surface area contributed by atoms with Crippen LogP contribution in [0.15, 0.2) is 52.9 Å². The number of halogens is 1. The summed E-state index contributed by atoms with van der Waals surface area (Å²) in [5.74, 6) is 0.0754. The number of fused-ring (bicyclic) bond motifs is 2. The van der Waals surface area contributed by atoms with Gasteiger partial charge in [0.2, 0.25) is 0 Å². The topological polar surface area (TPSA) is 55.6 Å². The average molecular weight is 413 g/mol. The van der Waals surface area contributed by atoms with Crippen molar-refractivity contribution in [2.45, 2.75) is 18.9 Å². The largest absolute Gasteiger partial charge is 0.451 e. The van der Waals surface area contributed by atoms with Crippen LogP contribution in [-0.4, -0.2) is 30.1 Å². The molecule has 0 aliphatic carbocycles. The van der Waals surface area contributed by atoms with E-state index in [0.717, 1.165) is 29.5 Å². The zero-order valence-corrected chi connectivity index (χ0v) is 16.5. The Morgan fingerprint density at radius 3 is 2.93 bits per heavy atom. The number of para-hydroxylation sites is 2. The summed E-state index contributed by atoms with van der Waals surface area (Å²) in [4.78, 5) is 19.7. The molecule has 0 spiro atoms. The average Bonchev–Trinajstić information content (AvgIpc) is 3.44. The predicted octanol–water partition coefficient (Wildman–Crippen LogP) is 5.52. The fraction of sp³-hybridized carbons (Fsp3) is 0.238. The van der Waals surface area contributed by atoms with Crippen LogP contribution in [0.5, 0.6) is 0 Å². The van der Waals surface area contributed by atoms with Crippen molar-refractivity contribution in [3.05, 3.63) is 59.3 Å². The molecule has 1 saturated heterocycles. The SMILES string of the molecule is O=C(c1cc2ccccc2o1)N(C[C@@H]1CCCO1)c1nc2c(Cl)cccc2s1. The predicted molar refractivity (Wildman–Crippen MR) is 111 cm³/mol. The molecule has 0 unspecified atom stereocenters. The maximum Gasteiger partial charge on any atom is 0.295 e. The Morgan fingerprint density at radius 2 is 2.14 bits per heavy atom. The lowest BCUT2D eigenvalue weighted by atomic mass is 10.2. The van der Waals surface area contributed by atoms with Crippen LogP contribution >= 0.6 is 22.9 Å². The number of furan rings is 1. The number of rotatable bonds is 4. The summed E-state index contributed by atoms with van der Waals surface area (Å²) in [6.07, 6.45) is 1.93. The number of aromatic nitrogens is 1. The van der Waals surface area contributed by atoms with E-state index >= 15 is 0 Å². The Balaban J connectivity index is 1.56. The Hall–Kier alpha value is -2.41. The highest BCUT2D eigenvalue weighted by atomic mass is 35.5. The summed E-state index contributed by atoms with van der Waals surface area (Å²) in [7, 11) is 0. The highest BCUT2D eigenvalue weighted by Crippen LogP contribution is 2.34. The van der Waals surface area contributed by atoms with Crippen molar-refractivity contribution >= 4 is 55.2 Å². The van der Waals surface area contributed by atoms with Crippen LogP contribution in [0.25, 0.3) is 21.2 Å². The van der Waals surface area contributed by atoms with Gasteiger partial charge in [0.1, 0.15) is 11.1 Å². The van der Waals surface area contributed by atoms with Crippen LogP contribution in [0, 0.1) is 0 Å². The lowest BCUT2D eigenvalue weighted by Crippen LogP contribution is -2.37. The molecule has 1 aliphatic rings. The van der Waals surface area contributed by atoms with Crippen LogP contribution in [0.3, 0.4) is 0 Å². The third-order valence-corrected chi connectivity index (χ3v) is 6.23. The number of hydrogen-bond acceptors (Lipinski definition) is 5. The molecule has 0 bridgehead atoms. The van der Waals surface area contributed by atoms with Crippen molar-refractivity contribution in [3.63, 3.8) is 0 Å². The zero-order chi connectivity index (χ0) is 19.1. The van der Waals surface area contributed by atoms with E-state index in [9.17, 15) is 4.79 Å². The summed E-state index contributed by atoms with van der Waals surface area (Å²) in [6, 6.07) is 15.0. The van der Waals surface area contributed by atoms with Gasteiger partial charge in [-0.05, 0) is 37.1 Å². The van der Waals surface area contributed by atoms with E-state index in [1.54, 1.807) is 17.0 Å². The van der Waals surface area contributed by atoms with Gasteiger partial charge in [0.15, 0.2) is 10.9 Å². The summed E-state index contributed by atoms with van der Waals surface area (Å²) < 4.78 is 12.5. The van der Waals surface area contributed by atoms with E-state index in [4.69, 9.17) is 20.8 Å². The number of ether oxygens (including phenoxy) is 1. The fourth-order valence-electron chi connectivity index (χ4n) is 3.48. The number of anilines is 1. The van der Waals surface area contributed by atoms with Gasteiger partial charge in [0.25, 0.3) is 5.91 Å². The number of thiazole rings is 1. The molecule has 0 radical (unpaired) electrons. The van der Waals surface area contributed by atoms with Crippen molar-refractivity contribution in [1.29, 1.82) is 0 Å². The van der Waals surface area contributed by atoms with E-state index in [0.29, 0.717) is 33.6 Å². The quantitative estimate of drug-likeness (QED) is 0.442. The molecule has 1 fully saturated rings. The molecular weight excluding hydrogens is 396 g/mol. The van der Waals surface area contributed by atoms with Gasteiger partial charge in [0, 0.05) is 12.0 Å². The van der Waals surface area contributed by atoms with Gasteiger partial charge < -0.3 is 9.15 Å². The van der Waals surface area contributed by atoms with Gasteiger partial charge in [0.05, 0.1) is 22.4 Å². The molecular formula is C21H17ClN2O3S. The maximum atomic E-state index is 13.4. The second-order valence-corrected chi connectivity index (χ2v) is 8.20. The minimum atomic E-state index is -0.220. The molecule has 142 valence electrons. The maximum absolute atomic E-state index is 13.4. The van der Waals surface area contributed by atoms with Gasteiger partial charge in [-0.3, -0.25) is 9.69 Å². The summed E-state index contributed by atoms with van der Waals surface area (Å²) >= 11 is 7.74. The van der Waals surface area contributed by atoms with Gasteiger partial charge in [-0.15, -0.1) is 0 Å². The number of carbonyl (C=O) groups excluding carboxylic acids is 1. The fourth-order valence-corrected chi connectivity index (χ4v) is 4.75. The first-order chi connectivity index (χ1) is 13.7. The Kier molecular flexibility index (Phi) is 4.55. The Bertz CT molecular complexity index is 1130. The lowest BCUT2D eigenvalue weighted by Gasteiger charge is -2.22. The molecule has 1 atom stereocenters. The van der Waals surface area contributed by atoms with E-state index in [2.05, 4.69) is 4.98 Å². The number of hydrogen-bond donors (Lipinski definition) is 0. The normalized spacial score (nSPS) is 16.8. The second kappa shape index (κ2) is 7.20. The molecule has 5 rings (SSSR count). The van der Waals surface area contributed by atoms with Crippen molar-refractivity contribution < 1.29 is 13.9 Å². The van der Waals surface area contributed by atoms with Gasteiger partial charge >= 0.3 is 0 Å². The molecule has 1 amide bonds. The number of nitrogens with zero attached hydrogens (tertiary/aromatic N) is 2. The highest BCUT2D eigenvalue weighted by molar-refractivity contribution is 7.22. The van der Waals surface area contributed by atoms with E-state index in [-0.39, 0.29) is 12.0 Å². The van der Waals surface area contributed by atoms with Gasteiger partial charge in [-0.2, -0.15) is 0 Å². The molecule has 0 saturated carbocycles. The van der Waals surface area contributed by atoms with Gasteiger partial charge in [-0.25, -0.2) is 4.98 Å². The Morgan fingerprint density at radius 1 is 1.25 bits per heavy atom. The van der Waals surface area contributed by atoms with Crippen LogP contribution in [0.4, 0.5) is 5.13 Å². The van der Waals surface area contributed by atoms with Crippen molar-refractivity contribution in [2.24, 2.45) is 0 Å². The van der Waals surface area contributed by atoms with Crippen molar-refractivity contribution in [1.82, 2.24) is 4.98 Å². The lowest BCUT2D eigenvalue weighted by molar-refractivity contribution is 0.0896. The molecule has 28 heavy (non-hydrogen) atoms. The second-order valence-electron chi connectivity index (χ2n) is 6.78. The first kappa shape index (κ1) is 17.7. The van der Waals surface area contributed by atoms with Crippen molar-refractivity contribution in [3.8, 4) is 0 Å². The van der Waals surface area contributed by atoms with Crippen molar-refractivity contribution in [2.75, 3.05) is 18.1 Å². The molecule has 4 aromatic rings. The molecule has 5 nitrogen and oxygen atoms in total. The summed E-state index contributed by atoms with van der Waals surface area (Å²) in [5.41, 5.74) is 1.40. The van der Waals surface area contributed by atoms with Crippen LogP contribution in [0.1, 0.15) is 23.4 Å². The minimum absolute atomic E-state index is 0.00388. The van der Waals surface area contributed by atoms with Crippen LogP contribution in [-0.2, 0) is 4.74 Å². The van der Waals surface area contributed by atoms with Crippen LogP contribution < -0.4 is 4.90 Å². The molecule has 1 aliphatic heterocycles. The number of benzene rings is 2. The van der Waals surface area contributed by atoms with E-state index in [1.165, 1.54) is 11.3 Å². The van der Waals surface area contributed by atoms with E-state index in [1.807, 2.05) is 36.4 Å². The molecule has 3 heterocycles. The molecule has 2 aromatic carbocycles. The number of amides is 1. The Labute approximate surface area is 170 Å². The molecule has 7 heteroatoms. The number of carbonyl (C=O) groups is 1. The third-order valence-electron chi connectivity index (χ3n) is 4.88. The third kappa shape index (κ3) is 3.17. The minimum Gasteiger partial charge on any atom is -0.451 e. The van der Waals surface area contributed by atoms with Crippen LogP contribution in [0.2, 0.25) is 5.02 Å².